The molecule has 0 bridgehead atoms. The molecule has 1 fully saturated rings. The number of rotatable bonds is 4. The summed E-state index contributed by atoms with van der Waals surface area (Å²) in [6, 6.07) is 8.69. The summed E-state index contributed by atoms with van der Waals surface area (Å²) >= 11 is 0. The van der Waals surface area contributed by atoms with Crippen LogP contribution in [-0.4, -0.2) is 72.5 Å². The third-order valence-corrected chi connectivity index (χ3v) is 6.29. The van der Waals surface area contributed by atoms with Crippen molar-refractivity contribution >= 4 is 59.8 Å². The molecule has 5 heterocycles. The Morgan fingerprint density at radius 2 is 1.74 bits per heavy atom. The Balaban J connectivity index is 1.42. The number of nitrogens with zero attached hydrogens (tertiary/aromatic N) is 6. The number of fused-ring (bicyclic) bond motifs is 1. The molecule has 8 radical (unpaired) electrons. The lowest BCUT2D eigenvalue weighted by Crippen LogP contribution is -2.56. The zero-order valence-electron chi connectivity index (χ0n) is 19.4. The maximum atomic E-state index is 13.0. The van der Waals surface area contributed by atoms with Crippen molar-refractivity contribution in [1.82, 2.24) is 24.5 Å². The quantitative estimate of drug-likeness (QED) is 0.473. The maximum absolute atomic E-state index is 13.0. The minimum atomic E-state index is -1.28. The number of carbonyl (C=O) groups is 1. The van der Waals surface area contributed by atoms with Gasteiger partial charge in [0.25, 0.3) is 5.91 Å². The highest BCUT2D eigenvalue weighted by molar-refractivity contribution is 6.48. The summed E-state index contributed by atoms with van der Waals surface area (Å²) in [4.78, 5) is 32.2. The Morgan fingerprint density at radius 1 is 1.00 bits per heavy atom. The normalized spacial score (nSPS) is 16.5. The van der Waals surface area contributed by atoms with Crippen LogP contribution in [0.4, 0.5) is 11.6 Å². The SMILES string of the molecule is [B]C1([B])CCC([B])([B])N1c1cc(C(=O)Nc2cc3nc(-c4cnc(C)n4C)ccc3cn2)ccn1. The molecule has 1 N–H and O–H groups in total. The average molecular weight is 453 g/mol. The summed E-state index contributed by atoms with van der Waals surface area (Å²) in [7, 11) is 26.6. The van der Waals surface area contributed by atoms with Gasteiger partial charge in [0, 0.05) is 36.5 Å². The molecule has 8 nitrogen and oxygen atoms in total. The van der Waals surface area contributed by atoms with Gasteiger partial charge in [-0.05, 0) is 54.7 Å². The Bertz CT molecular complexity index is 1440. The lowest BCUT2D eigenvalue weighted by Gasteiger charge is -2.44. The zero-order valence-corrected chi connectivity index (χ0v) is 19.4. The fourth-order valence-corrected chi connectivity index (χ4v) is 4.28. The smallest absolute Gasteiger partial charge is 0.257 e. The molecular weight excluding hydrogens is 434 g/mol. The molecule has 0 saturated carbocycles. The fourth-order valence-electron chi connectivity index (χ4n) is 4.28. The van der Waals surface area contributed by atoms with E-state index >= 15 is 0 Å². The Kier molecular flexibility index (Phi) is 5.49. The van der Waals surface area contributed by atoms with Crippen molar-refractivity contribution in [3.8, 4) is 11.4 Å². The molecule has 1 aliphatic rings. The number of amides is 1. The lowest BCUT2D eigenvalue weighted by molar-refractivity contribution is 0.102. The number of imidazole rings is 1. The van der Waals surface area contributed by atoms with Gasteiger partial charge in [0.15, 0.2) is 0 Å². The standard InChI is InChI=1S/C23H19B4N7O/c1-13-29-12-18(33(13)2)16-4-3-15-11-30-19(10-17(15)31-16)32-21(35)14-5-8-28-20(9-14)34-22(24,25)6-7-23(34,26)27/h3-5,8-12H,6-7H2,1-2H3,(H,30,32,35). The number of aryl methyl sites for hydroxylation is 1. The molecule has 0 aromatic carbocycles. The maximum Gasteiger partial charge on any atom is 0.257 e. The van der Waals surface area contributed by atoms with Gasteiger partial charge < -0.3 is 14.8 Å². The Morgan fingerprint density at radius 3 is 2.43 bits per heavy atom. The number of hydrogen-bond acceptors (Lipinski definition) is 6. The van der Waals surface area contributed by atoms with E-state index in [2.05, 4.69) is 20.3 Å². The molecule has 0 unspecified atom stereocenters. The van der Waals surface area contributed by atoms with Crippen molar-refractivity contribution in [2.24, 2.45) is 7.05 Å². The molecule has 1 aliphatic heterocycles. The van der Waals surface area contributed by atoms with Crippen molar-refractivity contribution in [2.75, 3.05) is 10.2 Å². The Hall–Kier alpha value is -3.55. The number of hydrogen-bond donors (Lipinski definition) is 1. The van der Waals surface area contributed by atoms with E-state index in [1.807, 2.05) is 30.7 Å². The van der Waals surface area contributed by atoms with E-state index < -0.39 is 16.6 Å². The fraction of sp³-hybridized carbons (Fsp3) is 0.261. The van der Waals surface area contributed by atoms with Crippen LogP contribution in [0, 0.1) is 6.92 Å². The minimum absolute atomic E-state index is 0.314. The van der Waals surface area contributed by atoms with E-state index in [4.69, 9.17) is 36.4 Å². The summed E-state index contributed by atoms with van der Waals surface area (Å²) < 4.78 is 1.97. The number of nitrogens with one attached hydrogen (secondary N) is 1. The zero-order chi connectivity index (χ0) is 25.0. The molecule has 1 saturated heterocycles. The van der Waals surface area contributed by atoms with Gasteiger partial charge in [0.05, 0.1) is 54.5 Å². The molecule has 5 rings (SSSR count). The van der Waals surface area contributed by atoms with Crippen molar-refractivity contribution < 1.29 is 4.79 Å². The third kappa shape index (κ3) is 4.22. The highest BCUT2D eigenvalue weighted by Gasteiger charge is 2.43. The van der Waals surface area contributed by atoms with Crippen LogP contribution >= 0.6 is 0 Å². The molecule has 164 valence electrons. The number of carbonyl (C=O) groups excluding carboxylic acids is 1. The van der Waals surface area contributed by atoms with Gasteiger partial charge in [-0.3, -0.25) is 4.79 Å². The topological polar surface area (TPSA) is 88.8 Å². The van der Waals surface area contributed by atoms with Crippen LogP contribution in [0.2, 0.25) is 0 Å². The van der Waals surface area contributed by atoms with Crippen molar-refractivity contribution in [1.29, 1.82) is 0 Å². The van der Waals surface area contributed by atoms with Crippen LogP contribution in [0.3, 0.4) is 0 Å². The molecular formula is C23H19B4N7O. The molecule has 1 amide bonds. The first-order valence-corrected chi connectivity index (χ1v) is 11.0. The molecule has 0 atom stereocenters. The third-order valence-electron chi connectivity index (χ3n) is 6.29. The van der Waals surface area contributed by atoms with Crippen LogP contribution in [0.25, 0.3) is 22.3 Å². The van der Waals surface area contributed by atoms with Gasteiger partial charge in [0.2, 0.25) is 0 Å². The van der Waals surface area contributed by atoms with E-state index in [9.17, 15) is 4.79 Å². The number of pyridine rings is 3. The second kappa shape index (κ2) is 8.29. The van der Waals surface area contributed by atoms with E-state index in [-0.39, 0.29) is 0 Å². The number of anilines is 2. The van der Waals surface area contributed by atoms with Crippen LogP contribution < -0.4 is 10.2 Å². The summed E-state index contributed by atoms with van der Waals surface area (Å²) in [5.41, 5.74) is 2.67. The van der Waals surface area contributed by atoms with Crippen LogP contribution in [0.1, 0.15) is 29.0 Å². The Labute approximate surface area is 208 Å². The summed E-state index contributed by atoms with van der Waals surface area (Å²) in [5, 5.41) is 1.10. The molecule has 4 aromatic rings. The predicted molar refractivity (Wildman–Crippen MR) is 139 cm³/mol. The highest BCUT2D eigenvalue weighted by atomic mass is 16.1. The molecule has 4 aromatic heterocycles. The minimum Gasteiger partial charge on any atom is -0.380 e. The molecule has 35 heavy (non-hydrogen) atoms. The molecule has 12 heteroatoms. The largest absolute Gasteiger partial charge is 0.380 e. The van der Waals surface area contributed by atoms with Gasteiger partial charge in [-0.2, -0.15) is 0 Å². The summed E-state index contributed by atoms with van der Waals surface area (Å²) in [5.74, 6) is 1.16. The van der Waals surface area contributed by atoms with Crippen LogP contribution in [0.15, 0.2) is 48.9 Å². The van der Waals surface area contributed by atoms with Gasteiger partial charge in [-0.15, -0.1) is 0 Å². The first kappa shape index (κ1) is 23.2. The average Bonchev–Trinajstić information content (AvgIpc) is 3.26. The summed E-state index contributed by atoms with van der Waals surface area (Å²) in [6.07, 6.45) is 5.68. The second-order valence-corrected chi connectivity index (χ2v) is 8.88. The lowest BCUT2D eigenvalue weighted by atomic mass is 9.58. The number of aromatic nitrogens is 5. The van der Waals surface area contributed by atoms with E-state index in [0.717, 1.165) is 22.6 Å². The second-order valence-electron chi connectivity index (χ2n) is 8.88. The highest BCUT2D eigenvalue weighted by Crippen LogP contribution is 2.37. The van der Waals surface area contributed by atoms with Gasteiger partial charge in [-0.25, -0.2) is 19.9 Å². The van der Waals surface area contributed by atoms with Crippen LogP contribution in [-0.2, 0) is 7.05 Å². The van der Waals surface area contributed by atoms with Gasteiger partial charge >= 0.3 is 0 Å². The molecule has 0 aliphatic carbocycles. The first-order valence-electron chi connectivity index (χ1n) is 11.0. The van der Waals surface area contributed by atoms with Gasteiger partial charge in [-0.1, -0.05) is 0 Å². The van der Waals surface area contributed by atoms with Crippen molar-refractivity contribution in [2.45, 2.75) is 30.4 Å². The van der Waals surface area contributed by atoms with Crippen molar-refractivity contribution in [3.63, 3.8) is 0 Å². The summed E-state index contributed by atoms with van der Waals surface area (Å²) in [6.45, 7) is 1.93. The van der Waals surface area contributed by atoms with Gasteiger partial charge in [0.1, 0.15) is 17.5 Å². The monoisotopic (exact) mass is 453 g/mol. The van der Waals surface area contributed by atoms with E-state index in [0.29, 0.717) is 35.6 Å². The molecule has 0 spiro atoms. The predicted octanol–water partition coefficient (Wildman–Crippen LogP) is 1.57. The van der Waals surface area contributed by atoms with Crippen LogP contribution in [0.5, 0.6) is 0 Å². The van der Waals surface area contributed by atoms with Crippen molar-refractivity contribution in [3.05, 3.63) is 60.3 Å². The first-order chi connectivity index (χ1) is 16.5. The van der Waals surface area contributed by atoms with E-state index in [1.165, 1.54) is 11.1 Å². The van der Waals surface area contributed by atoms with E-state index in [1.54, 1.807) is 30.6 Å².